The number of nitrogens with zero attached hydrogens (tertiary/aromatic N) is 4. The van der Waals surface area contributed by atoms with Gasteiger partial charge in [0.05, 0.1) is 29.6 Å². The molecule has 0 bridgehead atoms. The van der Waals surface area contributed by atoms with Crippen LogP contribution in [0.15, 0.2) is 22.3 Å². The smallest absolute Gasteiger partial charge is 0.410 e. The highest BCUT2D eigenvalue weighted by Gasteiger charge is 2.26. The number of hydrogen-bond donors (Lipinski definition) is 1. The van der Waals surface area contributed by atoms with Crippen molar-refractivity contribution in [3.63, 3.8) is 0 Å². The Labute approximate surface area is 192 Å². The Kier molecular flexibility index (Phi) is 7.29. The van der Waals surface area contributed by atoms with Gasteiger partial charge < -0.3 is 24.7 Å². The minimum Gasteiger partial charge on any atom is -0.447 e. The number of rotatable bonds is 5. The van der Waals surface area contributed by atoms with Crippen LogP contribution in [0.25, 0.3) is 0 Å². The SMILES string of the molecule is CC(C)OC(=O)N1CCC(ON=C2CCN(c3cc(F)c(C4=NCCN4)cc3F)CC2)CC1. The first-order valence-electron chi connectivity index (χ1n) is 11.6. The molecule has 180 valence electrons. The Morgan fingerprint density at radius 3 is 2.52 bits per heavy atom. The number of oxime groups is 1. The molecule has 3 aliphatic rings. The first kappa shape index (κ1) is 23.3. The van der Waals surface area contributed by atoms with E-state index in [4.69, 9.17) is 9.57 Å². The number of likely N-dealkylation sites (tertiary alicyclic amines) is 1. The largest absolute Gasteiger partial charge is 0.447 e. The summed E-state index contributed by atoms with van der Waals surface area (Å²) in [6, 6.07) is 2.47. The van der Waals surface area contributed by atoms with Crippen molar-refractivity contribution in [3.05, 3.63) is 29.3 Å². The first-order valence-corrected chi connectivity index (χ1v) is 11.6. The van der Waals surface area contributed by atoms with Crippen molar-refractivity contribution in [3.8, 4) is 0 Å². The second kappa shape index (κ2) is 10.4. The predicted octanol–water partition coefficient (Wildman–Crippen LogP) is 3.30. The van der Waals surface area contributed by atoms with Crippen molar-refractivity contribution in [2.45, 2.75) is 51.7 Å². The summed E-state index contributed by atoms with van der Waals surface area (Å²) in [5, 5.41) is 7.30. The fraction of sp³-hybridized carbons (Fsp3) is 0.609. The quantitative estimate of drug-likeness (QED) is 0.678. The molecule has 8 nitrogen and oxygen atoms in total. The highest BCUT2D eigenvalue weighted by molar-refractivity contribution is 6.00. The standard InChI is InChI=1S/C23H31F2N5O3/c1-15(2)32-23(31)30-11-5-17(6-12-30)33-28-16-3-9-29(10-4-16)21-14-19(24)18(13-20(21)25)22-26-7-8-27-22/h13-15,17H,3-12H2,1-2H3,(H,26,27). The van der Waals surface area contributed by atoms with E-state index in [1.54, 1.807) is 4.90 Å². The molecule has 0 aromatic heterocycles. The number of halogens is 2. The molecule has 0 atom stereocenters. The lowest BCUT2D eigenvalue weighted by Gasteiger charge is -2.32. The third-order valence-corrected chi connectivity index (χ3v) is 6.01. The van der Waals surface area contributed by atoms with E-state index in [2.05, 4.69) is 15.5 Å². The maximum Gasteiger partial charge on any atom is 0.410 e. The van der Waals surface area contributed by atoms with Crippen LogP contribution in [0, 0.1) is 11.6 Å². The maximum atomic E-state index is 14.7. The van der Waals surface area contributed by atoms with Crippen LogP contribution >= 0.6 is 0 Å². The molecule has 1 N–H and O–H groups in total. The summed E-state index contributed by atoms with van der Waals surface area (Å²) in [6.45, 7) is 7.11. The van der Waals surface area contributed by atoms with Gasteiger partial charge in [-0.2, -0.15) is 0 Å². The van der Waals surface area contributed by atoms with Gasteiger partial charge >= 0.3 is 6.09 Å². The minimum atomic E-state index is -0.481. The lowest BCUT2D eigenvalue weighted by atomic mass is 10.1. The topological polar surface area (TPSA) is 78.8 Å². The Bertz CT molecular complexity index is 919. The number of benzene rings is 1. The van der Waals surface area contributed by atoms with E-state index in [-0.39, 0.29) is 29.6 Å². The summed E-state index contributed by atoms with van der Waals surface area (Å²) in [4.78, 5) is 25.4. The van der Waals surface area contributed by atoms with Crippen LogP contribution in [-0.2, 0) is 9.57 Å². The third kappa shape index (κ3) is 5.72. The molecule has 0 unspecified atom stereocenters. The van der Waals surface area contributed by atoms with Crippen LogP contribution in [0.1, 0.15) is 45.1 Å². The number of ether oxygens (including phenoxy) is 1. The van der Waals surface area contributed by atoms with E-state index in [1.165, 1.54) is 12.1 Å². The predicted molar refractivity (Wildman–Crippen MR) is 122 cm³/mol. The second-order valence-corrected chi connectivity index (χ2v) is 8.81. The van der Waals surface area contributed by atoms with Gasteiger partial charge in [0, 0.05) is 64.5 Å². The summed E-state index contributed by atoms with van der Waals surface area (Å²) < 4.78 is 34.6. The summed E-state index contributed by atoms with van der Waals surface area (Å²) in [5.74, 6) is -0.529. The molecule has 1 aromatic rings. The molecule has 2 fully saturated rings. The lowest BCUT2D eigenvalue weighted by molar-refractivity contribution is 0.00415. The molecule has 3 aliphatic heterocycles. The van der Waals surface area contributed by atoms with Crippen molar-refractivity contribution >= 4 is 23.3 Å². The molecular formula is C23H31F2N5O3. The number of nitrogens with one attached hydrogen (secondary N) is 1. The molecule has 3 heterocycles. The molecule has 2 saturated heterocycles. The van der Waals surface area contributed by atoms with Crippen LogP contribution in [-0.4, -0.2) is 74.0 Å². The number of amidine groups is 1. The van der Waals surface area contributed by atoms with Crippen LogP contribution in [0.3, 0.4) is 0 Å². The summed E-state index contributed by atoms with van der Waals surface area (Å²) in [6.07, 6.45) is 2.19. The van der Waals surface area contributed by atoms with Crippen molar-refractivity contribution in [1.82, 2.24) is 10.2 Å². The van der Waals surface area contributed by atoms with Crippen LogP contribution < -0.4 is 10.2 Å². The maximum absolute atomic E-state index is 14.7. The summed E-state index contributed by atoms with van der Waals surface area (Å²) >= 11 is 0. The van der Waals surface area contributed by atoms with E-state index in [9.17, 15) is 13.6 Å². The summed E-state index contributed by atoms with van der Waals surface area (Å²) in [7, 11) is 0. The van der Waals surface area contributed by atoms with Crippen molar-refractivity contribution in [2.75, 3.05) is 44.2 Å². The van der Waals surface area contributed by atoms with E-state index >= 15 is 0 Å². The zero-order valence-electron chi connectivity index (χ0n) is 19.1. The normalized spacial score (nSPS) is 19.4. The molecule has 10 heteroatoms. The van der Waals surface area contributed by atoms with Crippen molar-refractivity contribution in [1.29, 1.82) is 0 Å². The Hall–Kier alpha value is -2.91. The van der Waals surface area contributed by atoms with Gasteiger partial charge in [0.15, 0.2) is 0 Å². The number of piperidine rings is 2. The number of carbonyl (C=O) groups is 1. The van der Waals surface area contributed by atoms with E-state index in [0.29, 0.717) is 70.8 Å². The minimum absolute atomic E-state index is 0.0372. The first-order chi connectivity index (χ1) is 15.9. The van der Waals surface area contributed by atoms with Gasteiger partial charge in [-0.15, -0.1) is 0 Å². The van der Waals surface area contributed by atoms with Gasteiger partial charge in [-0.1, -0.05) is 5.16 Å². The zero-order valence-corrected chi connectivity index (χ0v) is 19.1. The number of aliphatic imine (C=N–C) groups is 1. The average Bonchev–Trinajstić information content (AvgIpc) is 3.34. The highest BCUT2D eigenvalue weighted by Crippen LogP contribution is 2.26. The monoisotopic (exact) mass is 463 g/mol. The average molecular weight is 464 g/mol. The van der Waals surface area contributed by atoms with Gasteiger partial charge in [-0.25, -0.2) is 13.6 Å². The number of amides is 1. The Morgan fingerprint density at radius 2 is 1.88 bits per heavy atom. The van der Waals surface area contributed by atoms with Gasteiger partial charge in [-0.05, 0) is 19.9 Å². The number of anilines is 1. The molecule has 4 rings (SSSR count). The third-order valence-electron chi connectivity index (χ3n) is 6.01. The number of hydrogen-bond acceptors (Lipinski definition) is 7. The van der Waals surface area contributed by atoms with E-state index < -0.39 is 11.6 Å². The van der Waals surface area contributed by atoms with Crippen LogP contribution in [0.4, 0.5) is 19.3 Å². The summed E-state index contributed by atoms with van der Waals surface area (Å²) in [5.41, 5.74) is 1.34. The molecular weight excluding hydrogens is 432 g/mol. The molecule has 0 saturated carbocycles. The molecule has 1 aromatic carbocycles. The van der Waals surface area contributed by atoms with Gasteiger partial charge in [0.1, 0.15) is 23.6 Å². The molecule has 0 spiro atoms. The fourth-order valence-corrected chi connectivity index (χ4v) is 4.20. The fourth-order valence-electron chi connectivity index (χ4n) is 4.20. The Balaban J connectivity index is 1.26. The second-order valence-electron chi connectivity index (χ2n) is 8.81. The van der Waals surface area contributed by atoms with Gasteiger partial charge in [-0.3, -0.25) is 4.99 Å². The lowest BCUT2D eigenvalue weighted by Crippen LogP contribution is -2.41. The van der Waals surface area contributed by atoms with Gasteiger partial charge in [0.2, 0.25) is 0 Å². The zero-order chi connectivity index (χ0) is 23.4. The van der Waals surface area contributed by atoms with E-state index in [0.717, 1.165) is 5.71 Å². The van der Waals surface area contributed by atoms with E-state index in [1.807, 2.05) is 18.7 Å². The van der Waals surface area contributed by atoms with Crippen LogP contribution in [0.2, 0.25) is 0 Å². The molecule has 1 amide bonds. The Morgan fingerprint density at radius 1 is 1.15 bits per heavy atom. The van der Waals surface area contributed by atoms with Crippen molar-refractivity contribution in [2.24, 2.45) is 10.1 Å². The molecule has 0 aliphatic carbocycles. The highest BCUT2D eigenvalue weighted by atomic mass is 19.1. The van der Waals surface area contributed by atoms with Crippen molar-refractivity contribution < 1.29 is 23.1 Å². The molecule has 33 heavy (non-hydrogen) atoms. The van der Waals surface area contributed by atoms with Crippen LogP contribution in [0.5, 0.6) is 0 Å². The molecule has 0 radical (unpaired) electrons. The number of carbonyl (C=O) groups excluding carboxylic acids is 1. The van der Waals surface area contributed by atoms with Gasteiger partial charge in [0.25, 0.3) is 0 Å².